The quantitative estimate of drug-likeness (QED) is 0.590. The smallest absolute Gasteiger partial charge is 0.0811 e. The summed E-state index contributed by atoms with van der Waals surface area (Å²) in [7, 11) is 0. The molecule has 0 amide bonds. The van der Waals surface area contributed by atoms with E-state index in [0.29, 0.717) is 5.41 Å². The van der Waals surface area contributed by atoms with Gasteiger partial charge in [-0.05, 0) is 31.1 Å². The van der Waals surface area contributed by atoms with Crippen LogP contribution in [0, 0.1) is 5.41 Å². The summed E-state index contributed by atoms with van der Waals surface area (Å²) in [6.07, 6.45) is 5.21. The van der Waals surface area contributed by atoms with Crippen molar-refractivity contribution in [3.63, 3.8) is 0 Å². The molecule has 1 aliphatic carbocycles. The molecule has 1 unspecified atom stereocenters. The number of rotatable bonds is 1. The van der Waals surface area contributed by atoms with Gasteiger partial charge in [0.25, 0.3) is 0 Å². The average Bonchev–Trinajstić information content (AvgIpc) is 2.70. The van der Waals surface area contributed by atoms with E-state index in [2.05, 4.69) is 0 Å². The second-order valence-electron chi connectivity index (χ2n) is 3.63. The van der Waals surface area contributed by atoms with Gasteiger partial charge in [-0.2, -0.15) is 0 Å². The maximum atomic E-state index is 8.83. The minimum atomic E-state index is 0.149. The highest BCUT2D eigenvalue weighted by molar-refractivity contribution is 4.96. The van der Waals surface area contributed by atoms with Gasteiger partial charge in [-0.25, -0.2) is 0 Å². The topological polar surface area (TPSA) is 29.5 Å². The Hall–Kier alpha value is -0.0800. The zero-order chi connectivity index (χ0) is 7.03. The molecule has 0 aromatic rings. The van der Waals surface area contributed by atoms with Crippen molar-refractivity contribution in [2.75, 3.05) is 13.2 Å². The lowest BCUT2D eigenvalue weighted by molar-refractivity contribution is -0.0438. The molecule has 1 spiro atoms. The molecule has 1 N–H and O–H groups in total. The van der Waals surface area contributed by atoms with Gasteiger partial charge in [0.1, 0.15) is 0 Å². The van der Waals surface area contributed by atoms with Crippen LogP contribution >= 0.6 is 0 Å². The van der Waals surface area contributed by atoms with E-state index in [1.807, 2.05) is 0 Å². The molecule has 2 rings (SSSR count). The molecule has 58 valence electrons. The van der Waals surface area contributed by atoms with Gasteiger partial charge >= 0.3 is 0 Å². The highest BCUT2D eigenvalue weighted by atomic mass is 16.5. The fourth-order valence-electron chi connectivity index (χ4n) is 1.83. The molecule has 2 fully saturated rings. The van der Waals surface area contributed by atoms with Gasteiger partial charge in [-0.1, -0.05) is 0 Å². The van der Waals surface area contributed by atoms with Crippen molar-refractivity contribution in [1.82, 2.24) is 0 Å². The molecule has 2 nitrogen and oxygen atoms in total. The van der Waals surface area contributed by atoms with E-state index in [1.54, 1.807) is 0 Å². The van der Waals surface area contributed by atoms with E-state index < -0.39 is 0 Å². The molecule has 0 aromatic carbocycles. The van der Waals surface area contributed by atoms with Crippen LogP contribution in [0.5, 0.6) is 0 Å². The highest BCUT2D eigenvalue weighted by Gasteiger charge is 2.46. The van der Waals surface area contributed by atoms with Crippen LogP contribution in [0.25, 0.3) is 0 Å². The summed E-state index contributed by atoms with van der Waals surface area (Å²) < 4.78 is 5.35. The third-order valence-electron chi connectivity index (χ3n) is 2.81. The molecule has 1 saturated heterocycles. The molecule has 0 aromatic heterocycles. The standard InChI is InChI=1S/C8H14O2/c9-6-7-5-8(1-2-8)3-4-10-7/h7,9H,1-6H2. The van der Waals surface area contributed by atoms with E-state index in [1.165, 1.54) is 19.3 Å². The van der Waals surface area contributed by atoms with E-state index in [4.69, 9.17) is 9.84 Å². The van der Waals surface area contributed by atoms with Crippen LogP contribution in [0.2, 0.25) is 0 Å². The summed E-state index contributed by atoms with van der Waals surface area (Å²) in [4.78, 5) is 0. The van der Waals surface area contributed by atoms with Gasteiger partial charge in [0.05, 0.1) is 12.7 Å². The fraction of sp³-hybridized carbons (Fsp3) is 1.00. The van der Waals surface area contributed by atoms with Gasteiger partial charge in [-0.3, -0.25) is 0 Å². The summed E-state index contributed by atoms with van der Waals surface area (Å²) in [6, 6.07) is 0. The van der Waals surface area contributed by atoms with Crippen LogP contribution in [0.3, 0.4) is 0 Å². The van der Waals surface area contributed by atoms with Gasteiger partial charge in [0, 0.05) is 6.61 Å². The van der Waals surface area contributed by atoms with Crippen LogP contribution in [-0.2, 0) is 4.74 Å². The van der Waals surface area contributed by atoms with Crippen molar-refractivity contribution in [2.45, 2.75) is 31.8 Å². The van der Waals surface area contributed by atoms with Crippen molar-refractivity contribution in [1.29, 1.82) is 0 Å². The third-order valence-corrected chi connectivity index (χ3v) is 2.81. The predicted octanol–water partition coefficient (Wildman–Crippen LogP) is 0.938. The summed E-state index contributed by atoms with van der Waals surface area (Å²) in [5, 5.41) is 8.83. The lowest BCUT2D eigenvalue weighted by Gasteiger charge is -2.27. The number of hydrogen-bond acceptors (Lipinski definition) is 2. The Morgan fingerprint density at radius 1 is 1.40 bits per heavy atom. The van der Waals surface area contributed by atoms with Crippen molar-refractivity contribution in [3.8, 4) is 0 Å². The molecule has 1 heterocycles. The third kappa shape index (κ3) is 1.06. The second kappa shape index (κ2) is 2.21. The average molecular weight is 142 g/mol. The largest absolute Gasteiger partial charge is 0.394 e. The number of ether oxygens (including phenoxy) is 1. The molecule has 0 radical (unpaired) electrons. The second-order valence-corrected chi connectivity index (χ2v) is 3.63. The highest BCUT2D eigenvalue weighted by Crippen LogP contribution is 2.54. The van der Waals surface area contributed by atoms with Crippen molar-refractivity contribution in [3.05, 3.63) is 0 Å². The van der Waals surface area contributed by atoms with E-state index in [9.17, 15) is 0 Å². The summed E-state index contributed by atoms with van der Waals surface area (Å²) in [5.74, 6) is 0. The maximum Gasteiger partial charge on any atom is 0.0811 e. The minimum absolute atomic E-state index is 0.149. The summed E-state index contributed by atoms with van der Waals surface area (Å²) >= 11 is 0. The Labute approximate surface area is 61.2 Å². The lowest BCUT2D eigenvalue weighted by atomic mass is 9.93. The van der Waals surface area contributed by atoms with Crippen molar-refractivity contribution in [2.24, 2.45) is 5.41 Å². The lowest BCUT2D eigenvalue weighted by Crippen LogP contribution is -2.29. The number of aliphatic hydroxyl groups excluding tert-OH is 1. The fourth-order valence-corrected chi connectivity index (χ4v) is 1.83. The zero-order valence-electron chi connectivity index (χ0n) is 6.18. The molecule has 1 aliphatic heterocycles. The number of aliphatic hydroxyl groups is 1. The zero-order valence-corrected chi connectivity index (χ0v) is 6.18. The van der Waals surface area contributed by atoms with Crippen molar-refractivity contribution < 1.29 is 9.84 Å². The molecular formula is C8H14O2. The Morgan fingerprint density at radius 3 is 2.80 bits per heavy atom. The molecule has 1 saturated carbocycles. The first kappa shape index (κ1) is 6.62. The molecule has 10 heavy (non-hydrogen) atoms. The first-order valence-corrected chi connectivity index (χ1v) is 4.07. The first-order chi connectivity index (χ1) is 4.85. The molecule has 1 atom stereocenters. The van der Waals surface area contributed by atoms with Crippen LogP contribution < -0.4 is 0 Å². The molecule has 0 bridgehead atoms. The first-order valence-electron chi connectivity index (χ1n) is 4.07. The monoisotopic (exact) mass is 142 g/mol. The van der Waals surface area contributed by atoms with Gasteiger partial charge in [0.2, 0.25) is 0 Å². The Bertz CT molecular complexity index is 129. The van der Waals surface area contributed by atoms with Crippen LogP contribution in [0.15, 0.2) is 0 Å². The predicted molar refractivity (Wildman–Crippen MR) is 37.7 cm³/mol. The Balaban J connectivity index is 1.91. The van der Waals surface area contributed by atoms with E-state index >= 15 is 0 Å². The molecule has 2 heteroatoms. The Morgan fingerprint density at radius 2 is 2.20 bits per heavy atom. The summed E-state index contributed by atoms with van der Waals surface area (Å²) in [6.45, 7) is 1.08. The van der Waals surface area contributed by atoms with E-state index in [-0.39, 0.29) is 12.7 Å². The van der Waals surface area contributed by atoms with Crippen LogP contribution in [0.1, 0.15) is 25.7 Å². The van der Waals surface area contributed by atoms with E-state index in [0.717, 1.165) is 13.0 Å². The van der Waals surface area contributed by atoms with Gasteiger partial charge in [-0.15, -0.1) is 0 Å². The molecule has 2 aliphatic rings. The normalized spacial score (nSPS) is 36.3. The van der Waals surface area contributed by atoms with Crippen LogP contribution in [-0.4, -0.2) is 24.4 Å². The SMILES string of the molecule is OCC1CC2(CCO1)CC2. The Kier molecular flexibility index (Phi) is 1.46. The number of hydrogen-bond donors (Lipinski definition) is 1. The van der Waals surface area contributed by atoms with Gasteiger partial charge < -0.3 is 9.84 Å². The molecular weight excluding hydrogens is 128 g/mol. The minimum Gasteiger partial charge on any atom is -0.394 e. The van der Waals surface area contributed by atoms with Crippen molar-refractivity contribution >= 4 is 0 Å². The summed E-state index contributed by atoms with van der Waals surface area (Å²) in [5.41, 5.74) is 0.617. The maximum absolute atomic E-state index is 8.83. The van der Waals surface area contributed by atoms with Gasteiger partial charge in [0.15, 0.2) is 0 Å². The van der Waals surface area contributed by atoms with Crippen LogP contribution in [0.4, 0.5) is 0 Å².